The Morgan fingerprint density at radius 3 is 2.57 bits per heavy atom. The summed E-state index contributed by atoms with van der Waals surface area (Å²) in [6, 6.07) is 6.66. The molecule has 0 bridgehead atoms. The molecule has 160 valence electrons. The van der Waals surface area contributed by atoms with Crippen LogP contribution in [0.25, 0.3) is 11.2 Å². The molecule has 0 saturated heterocycles. The number of hydrogen-bond acceptors (Lipinski definition) is 7. The van der Waals surface area contributed by atoms with Crippen molar-refractivity contribution < 1.29 is 14.6 Å². The fraction of sp³-hybridized carbons (Fsp3) is 0.333. The molecular formula is C18H20ClN5O5S. The maximum atomic E-state index is 12.7. The van der Waals surface area contributed by atoms with E-state index >= 15 is 0 Å². The fourth-order valence-corrected chi connectivity index (χ4v) is 3.70. The van der Waals surface area contributed by atoms with Gasteiger partial charge in [0.1, 0.15) is 18.5 Å². The molecule has 0 saturated carbocycles. The van der Waals surface area contributed by atoms with Crippen molar-refractivity contribution >= 4 is 40.4 Å². The number of ether oxygens (including phenoxy) is 1. The van der Waals surface area contributed by atoms with Gasteiger partial charge in [0, 0.05) is 19.1 Å². The number of aliphatic hydroxyl groups excluding tert-OH is 1. The first-order valence-electron chi connectivity index (χ1n) is 8.82. The normalized spacial score (nSPS) is 12.3. The minimum absolute atomic E-state index is 0.0430. The van der Waals surface area contributed by atoms with E-state index in [1.807, 2.05) is 0 Å². The number of imidazole rings is 1. The Kier molecular flexibility index (Phi) is 6.54. The number of aryl methyl sites for hydroxylation is 1. The Hall–Kier alpha value is -2.76. The molecule has 0 unspecified atom stereocenters. The molecule has 10 nitrogen and oxygen atoms in total. The highest BCUT2D eigenvalue weighted by Gasteiger charge is 2.22. The van der Waals surface area contributed by atoms with Gasteiger partial charge in [0.15, 0.2) is 16.3 Å². The van der Waals surface area contributed by atoms with Gasteiger partial charge in [0.2, 0.25) is 5.91 Å². The highest BCUT2D eigenvalue weighted by atomic mass is 35.5. The van der Waals surface area contributed by atoms with E-state index in [4.69, 9.17) is 22.1 Å². The van der Waals surface area contributed by atoms with Gasteiger partial charge in [-0.1, -0.05) is 23.4 Å². The summed E-state index contributed by atoms with van der Waals surface area (Å²) in [5.74, 6) is -0.114. The second kappa shape index (κ2) is 8.94. The molecule has 1 amide bonds. The van der Waals surface area contributed by atoms with Gasteiger partial charge in [0.05, 0.1) is 12.3 Å². The Morgan fingerprint density at radius 2 is 1.93 bits per heavy atom. The summed E-state index contributed by atoms with van der Waals surface area (Å²) >= 11 is 6.85. The first kappa shape index (κ1) is 21.9. The molecular weight excluding hydrogens is 434 g/mol. The van der Waals surface area contributed by atoms with Gasteiger partial charge in [-0.2, -0.15) is 0 Å². The SMILES string of the molecule is Cn1c(=O)c2c(nc(SCC(N)=O)n2C[C@H](O)COc2ccc(Cl)cc2)n(C)c1=O. The van der Waals surface area contributed by atoms with Gasteiger partial charge in [-0.3, -0.25) is 18.7 Å². The van der Waals surface area contributed by atoms with E-state index in [0.717, 1.165) is 16.3 Å². The highest BCUT2D eigenvalue weighted by Crippen LogP contribution is 2.22. The minimum Gasteiger partial charge on any atom is -0.491 e. The summed E-state index contributed by atoms with van der Waals surface area (Å²) in [4.78, 5) is 40.5. The number of hydrogen-bond donors (Lipinski definition) is 2. The Morgan fingerprint density at radius 1 is 1.27 bits per heavy atom. The number of rotatable bonds is 8. The van der Waals surface area contributed by atoms with Crippen LogP contribution in [0.1, 0.15) is 0 Å². The van der Waals surface area contributed by atoms with Crippen LogP contribution in [-0.4, -0.2) is 48.2 Å². The lowest BCUT2D eigenvalue weighted by molar-refractivity contribution is -0.115. The summed E-state index contributed by atoms with van der Waals surface area (Å²) in [5, 5.41) is 11.3. The van der Waals surface area contributed by atoms with Gasteiger partial charge < -0.3 is 20.1 Å². The monoisotopic (exact) mass is 453 g/mol. The van der Waals surface area contributed by atoms with Crippen molar-refractivity contribution in [3.8, 4) is 5.75 Å². The Labute approximate surface area is 179 Å². The number of amides is 1. The van der Waals surface area contributed by atoms with E-state index in [1.54, 1.807) is 24.3 Å². The number of thioether (sulfide) groups is 1. The van der Waals surface area contributed by atoms with Crippen LogP contribution < -0.4 is 21.7 Å². The average Bonchev–Trinajstić information content (AvgIpc) is 3.07. The molecule has 0 radical (unpaired) electrons. The summed E-state index contributed by atoms with van der Waals surface area (Å²) in [7, 11) is 2.85. The Bertz CT molecular complexity index is 1200. The molecule has 3 N–H and O–H groups in total. The lowest BCUT2D eigenvalue weighted by Crippen LogP contribution is -2.38. The van der Waals surface area contributed by atoms with E-state index in [9.17, 15) is 19.5 Å². The number of halogens is 1. The van der Waals surface area contributed by atoms with E-state index in [-0.39, 0.29) is 35.2 Å². The molecule has 0 aliphatic rings. The van der Waals surface area contributed by atoms with Crippen LogP contribution in [0.5, 0.6) is 5.75 Å². The summed E-state index contributed by atoms with van der Waals surface area (Å²) < 4.78 is 9.22. The van der Waals surface area contributed by atoms with Crippen molar-refractivity contribution in [2.24, 2.45) is 19.8 Å². The third kappa shape index (κ3) is 4.53. The average molecular weight is 454 g/mol. The third-order valence-corrected chi connectivity index (χ3v) is 5.56. The number of nitrogens with zero attached hydrogens (tertiary/aromatic N) is 4. The van der Waals surface area contributed by atoms with Gasteiger partial charge >= 0.3 is 5.69 Å². The standard InChI is InChI=1S/C18H20ClN5O5S/c1-22-15-14(16(27)23(2)18(22)28)24(17(21-15)30-9-13(20)26)7-11(25)8-29-12-5-3-10(19)4-6-12/h3-6,11,25H,7-9H2,1-2H3,(H2,20,26)/t11-/m0/s1. The molecule has 0 fully saturated rings. The van der Waals surface area contributed by atoms with E-state index in [2.05, 4.69) is 4.98 Å². The number of primary amides is 1. The maximum absolute atomic E-state index is 12.7. The number of carbonyl (C=O) groups is 1. The van der Waals surface area contributed by atoms with Crippen molar-refractivity contribution in [3.05, 3.63) is 50.1 Å². The number of benzene rings is 1. The van der Waals surface area contributed by atoms with Crippen LogP contribution in [0.15, 0.2) is 39.0 Å². The van der Waals surface area contributed by atoms with Crippen molar-refractivity contribution in [3.63, 3.8) is 0 Å². The third-order valence-electron chi connectivity index (χ3n) is 4.31. The van der Waals surface area contributed by atoms with E-state index < -0.39 is 23.3 Å². The predicted molar refractivity (Wildman–Crippen MR) is 113 cm³/mol. The number of fused-ring (bicyclic) bond motifs is 1. The first-order valence-corrected chi connectivity index (χ1v) is 10.2. The molecule has 0 spiro atoms. The molecule has 2 aromatic heterocycles. The van der Waals surface area contributed by atoms with Crippen molar-refractivity contribution in [1.29, 1.82) is 0 Å². The van der Waals surface area contributed by atoms with Crippen molar-refractivity contribution in [2.75, 3.05) is 12.4 Å². The van der Waals surface area contributed by atoms with Crippen molar-refractivity contribution in [2.45, 2.75) is 17.8 Å². The maximum Gasteiger partial charge on any atom is 0.332 e. The van der Waals surface area contributed by atoms with Gasteiger partial charge in [-0.25, -0.2) is 9.78 Å². The summed E-state index contributed by atoms with van der Waals surface area (Å²) in [6.45, 7) is -0.105. The molecule has 3 rings (SSSR count). The molecule has 12 heteroatoms. The van der Waals surface area contributed by atoms with Crippen LogP contribution in [0.2, 0.25) is 5.02 Å². The second-order valence-corrected chi connectivity index (χ2v) is 7.94. The van der Waals surface area contributed by atoms with Crippen LogP contribution in [-0.2, 0) is 25.4 Å². The lowest BCUT2D eigenvalue weighted by atomic mass is 10.3. The lowest BCUT2D eigenvalue weighted by Gasteiger charge is -2.15. The van der Waals surface area contributed by atoms with Crippen LogP contribution in [0, 0.1) is 0 Å². The van der Waals surface area contributed by atoms with Crippen LogP contribution in [0.4, 0.5) is 0 Å². The van der Waals surface area contributed by atoms with Gasteiger partial charge in [0.25, 0.3) is 5.56 Å². The smallest absolute Gasteiger partial charge is 0.332 e. The molecule has 3 aromatic rings. The molecule has 30 heavy (non-hydrogen) atoms. The Balaban J connectivity index is 1.94. The van der Waals surface area contributed by atoms with Gasteiger partial charge in [-0.05, 0) is 24.3 Å². The molecule has 1 atom stereocenters. The molecule has 2 heterocycles. The highest BCUT2D eigenvalue weighted by molar-refractivity contribution is 7.99. The zero-order valence-corrected chi connectivity index (χ0v) is 17.8. The number of nitrogens with two attached hydrogens (primary N) is 1. The predicted octanol–water partition coefficient (Wildman–Crippen LogP) is 0.104. The van der Waals surface area contributed by atoms with Crippen LogP contribution >= 0.6 is 23.4 Å². The molecule has 1 aromatic carbocycles. The van der Waals surface area contributed by atoms with Crippen LogP contribution in [0.3, 0.4) is 0 Å². The zero-order chi connectivity index (χ0) is 22.0. The minimum atomic E-state index is -1.01. The van der Waals surface area contributed by atoms with E-state index in [0.29, 0.717) is 10.8 Å². The van der Waals surface area contributed by atoms with E-state index in [1.165, 1.54) is 23.2 Å². The van der Waals surface area contributed by atoms with Crippen molar-refractivity contribution in [1.82, 2.24) is 18.7 Å². The molecule has 0 aliphatic carbocycles. The largest absolute Gasteiger partial charge is 0.491 e. The number of aromatic nitrogens is 4. The summed E-state index contributed by atoms with van der Waals surface area (Å²) in [6.07, 6.45) is -1.01. The quantitative estimate of drug-likeness (QED) is 0.462. The summed E-state index contributed by atoms with van der Waals surface area (Å²) in [5.41, 5.74) is 4.42. The number of carbonyl (C=O) groups excluding carboxylic acids is 1. The fourth-order valence-electron chi connectivity index (χ4n) is 2.83. The number of aliphatic hydroxyl groups is 1. The zero-order valence-electron chi connectivity index (χ0n) is 16.2. The topological polar surface area (TPSA) is 134 Å². The second-order valence-electron chi connectivity index (χ2n) is 6.56. The molecule has 0 aliphatic heterocycles. The van der Waals surface area contributed by atoms with Gasteiger partial charge in [-0.15, -0.1) is 0 Å². The first-order chi connectivity index (χ1) is 14.2.